The number of halogens is 1. The lowest BCUT2D eigenvalue weighted by atomic mass is 9.98. The topological polar surface area (TPSA) is 33.2 Å². The third kappa shape index (κ3) is 2.57. The van der Waals surface area contributed by atoms with Crippen molar-refractivity contribution < 1.29 is 4.79 Å². The molecule has 0 N–H and O–H groups in total. The molecule has 2 heterocycles. The van der Waals surface area contributed by atoms with E-state index in [2.05, 4.69) is 20.9 Å². The molecule has 1 saturated heterocycles. The van der Waals surface area contributed by atoms with E-state index in [-0.39, 0.29) is 5.91 Å². The highest BCUT2D eigenvalue weighted by Gasteiger charge is 2.24. The number of hydrogen-bond acceptors (Lipinski definition) is 2. The normalized spacial score (nSPS) is 16.6. The Morgan fingerprint density at radius 3 is 2.75 bits per heavy atom. The Kier molecular flexibility index (Phi) is 4.01. The van der Waals surface area contributed by atoms with Crippen LogP contribution in [0.1, 0.15) is 23.3 Å². The number of rotatable bonds is 2. The van der Waals surface area contributed by atoms with Crippen molar-refractivity contribution in [2.45, 2.75) is 12.8 Å². The van der Waals surface area contributed by atoms with Crippen LogP contribution in [0.4, 0.5) is 0 Å². The van der Waals surface area contributed by atoms with Crippen molar-refractivity contribution in [3.05, 3.63) is 42.2 Å². The summed E-state index contributed by atoms with van der Waals surface area (Å²) in [4.78, 5) is 18.9. The summed E-state index contributed by atoms with van der Waals surface area (Å²) in [6.45, 7) is 1.67. The van der Waals surface area contributed by atoms with Gasteiger partial charge in [0.25, 0.3) is 5.91 Å². The van der Waals surface area contributed by atoms with Gasteiger partial charge in [-0.15, -0.1) is 0 Å². The van der Waals surface area contributed by atoms with Gasteiger partial charge in [0, 0.05) is 30.0 Å². The number of carbonyl (C=O) groups excluding carboxylic acids is 1. The van der Waals surface area contributed by atoms with Crippen molar-refractivity contribution in [3.8, 4) is 0 Å². The van der Waals surface area contributed by atoms with Crippen LogP contribution in [0.15, 0.2) is 36.5 Å². The minimum atomic E-state index is 0.0647. The van der Waals surface area contributed by atoms with E-state index in [0.717, 1.165) is 42.0 Å². The van der Waals surface area contributed by atoms with E-state index < -0.39 is 0 Å². The van der Waals surface area contributed by atoms with Crippen LogP contribution in [-0.4, -0.2) is 34.2 Å². The van der Waals surface area contributed by atoms with Crippen LogP contribution in [0.2, 0.25) is 0 Å². The number of pyridine rings is 1. The van der Waals surface area contributed by atoms with E-state index in [1.165, 1.54) is 0 Å². The summed E-state index contributed by atoms with van der Waals surface area (Å²) in [5.41, 5.74) is 0.584. The maximum Gasteiger partial charge on any atom is 0.273 e. The standard InChI is InChI=1S/C16H17BrN2O/c17-11-12-6-9-19(10-7-12)16(20)15-14-4-2-1-3-13(14)5-8-18-15/h1-5,8,12H,6-7,9-11H2. The van der Waals surface area contributed by atoms with Gasteiger partial charge < -0.3 is 4.90 Å². The molecule has 0 atom stereocenters. The first-order chi connectivity index (χ1) is 9.79. The lowest BCUT2D eigenvalue weighted by Crippen LogP contribution is -2.39. The first kappa shape index (κ1) is 13.6. The van der Waals surface area contributed by atoms with Crippen LogP contribution in [0.5, 0.6) is 0 Å². The molecule has 0 unspecified atom stereocenters. The molecule has 0 bridgehead atoms. The van der Waals surface area contributed by atoms with Crippen molar-refractivity contribution >= 4 is 32.6 Å². The second kappa shape index (κ2) is 5.92. The number of hydrogen-bond donors (Lipinski definition) is 0. The van der Waals surface area contributed by atoms with Crippen LogP contribution in [-0.2, 0) is 0 Å². The molecule has 3 nitrogen and oxygen atoms in total. The summed E-state index contributed by atoms with van der Waals surface area (Å²) in [5, 5.41) is 3.05. The molecule has 0 radical (unpaired) electrons. The van der Waals surface area contributed by atoms with Crippen LogP contribution in [0.3, 0.4) is 0 Å². The van der Waals surface area contributed by atoms with E-state index in [1.807, 2.05) is 35.2 Å². The molecular weight excluding hydrogens is 316 g/mol. The summed E-state index contributed by atoms with van der Waals surface area (Å²) in [7, 11) is 0. The molecule has 1 amide bonds. The molecule has 0 spiro atoms. The second-order valence-electron chi connectivity index (χ2n) is 5.27. The molecule has 0 aliphatic carbocycles. The summed E-state index contributed by atoms with van der Waals surface area (Å²) >= 11 is 3.53. The lowest BCUT2D eigenvalue weighted by Gasteiger charge is -2.31. The molecule has 3 rings (SSSR count). The third-order valence-electron chi connectivity index (χ3n) is 4.00. The van der Waals surface area contributed by atoms with E-state index in [0.29, 0.717) is 11.6 Å². The molecule has 1 aromatic carbocycles. The molecule has 1 aliphatic rings. The number of carbonyl (C=O) groups is 1. The van der Waals surface area contributed by atoms with E-state index >= 15 is 0 Å². The fraction of sp³-hybridized carbons (Fsp3) is 0.375. The van der Waals surface area contributed by atoms with Gasteiger partial charge in [0.2, 0.25) is 0 Å². The van der Waals surface area contributed by atoms with Gasteiger partial charge in [0.05, 0.1) is 0 Å². The number of nitrogens with zero attached hydrogens (tertiary/aromatic N) is 2. The van der Waals surface area contributed by atoms with Gasteiger partial charge in [-0.2, -0.15) is 0 Å². The lowest BCUT2D eigenvalue weighted by molar-refractivity contribution is 0.0695. The third-order valence-corrected chi connectivity index (χ3v) is 4.91. The first-order valence-electron chi connectivity index (χ1n) is 6.98. The van der Waals surface area contributed by atoms with Crippen LogP contribution in [0, 0.1) is 5.92 Å². The SMILES string of the molecule is O=C(c1nccc2ccccc12)N1CCC(CBr)CC1. The summed E-state index contributed by atoms with van der Waals surface area (Å²) in [5.74, 6) is 0.759. The van der Waals surface area contributed by atoms with Crippen molar-refractivity contribution in [1.29, 1.82) is 0 Å². The number of benzene rings is 1. The van der Waals surface area contributed by atoms with Gasteiger partial charge >= 0.3 is 0 Å². The maximum absolute atomic E-state index is 12.7. The number of amides is 1. The molecule has 1 fully saturated rings. The van der Waals surface area contributed by atoms with Gasteiger partial charge in [-0.1, -0.05) is 40.2 Å². The van der Waals surface area contributed by atoms with Gasteiger partial charge in [0.15, 0.2) is 0 Å². The second-order valence-corrected chi connectivity index (χ2v) is 5.92. The number of likely N-dealkylation sites (tertiary alicyclic amines) is 1. The molecule has 2 aromatic rings. The fourth-order valence-electron chi connectivity index (χ4n) is 2.73. The number of aromatic nitrogens is 1. The highest BCUT2D eigenvalue weighted by molar-refractivity contribution is 9.09. The highest BCUT2D eigenvalue weighted by atomic mass is 79.9. The Balaban J connectivity index is 1.86. The molecule has 4 heteroatoms. The Hall–Kier alpha value is -1.42. The highest BCUT2D eigenvalue weighted by Crippen LogP contribution is 2.23. The zero-order chi connectivity index (χ0) is 13.9. The van der Waals surface area contributed by atoms with Crippen molar-refractivity contribution in [1.82, 2.24) is 9.88 Å². The summed E-state index contributed by atoms with van der Waals surface area (Å²) in [6.07, 6.45) is 3.87. The van der Waals surface area contributed by atoms with Gasteiger partial charge in [-0.05, 0) is 30.2 Å². The Morgan fingerprint density at radius 2 is 2.00 bits per heavy atom. The van der Waals surface area contributed by atoms with Gasteiger partial charge in [-0.3, -0.25) is 9.78 Å². The van der Waals surface area contributed by atoms with Gasteiger partial charge in [-0.25, -0.2) is 0 Å². The first-order valence-corrected chi connectivity index (χ1v) is 8.10. The average molecular weight is 333 g/mol. The van der Waals surface area contributed by atoms with E-state index in [1.54, 1.807) is 6.20 Å². The minimum Gasteiger partial charge on any atom is -0.337 e. The number of piperidine rings is 1. The van der Waals surface area contributed by atoms with Crippen LogP contribution in [0.25, 0.3) is 10.8 Å². The van der Waals surface area contributed by atoms with Crippen molar-refractivity contribution in [2.75, 3.05) is 18.4 Å². The van der Waals surface area contributed by atoms with E-state index in [4.69, 9.17) is 0 Å². The Labute approximate surface area is 127 Å². The van der Waals surface area contributed by atoms with Crippen LogP contribution >= 0.6 is 15.9 Å². The molecule has 104 valence electrons. The summed E-state index contributed by atoms with van der Waals surface area (Å²) in [6, 6.07) is 9.88. The summed E-state index contributed by atoms with van der Waals surface area (Å²) < 4.78 is 0. The minimum absolute atomic E-state index is 0.0647. The molecular formula is C16H17BrN2O. The maximum atomic E-state index is 12.7. The zero-order valence-electron chi connectivity index (χ0n) is 11.3. The van der Waals surface area contributed by atoms with Crippen molar-refractivity contribution in [2.24, 2.45) is 5.92 Å². The molecule has 1 aliphatic heterocycles. The molecule has 0 saturated carbocycles. The quantitative estimate of drug-likeness (QED) is 0.789. The fourth-order valence-corrected chi connectivity index (χ4v) is 3.38. The predicted octanol–water partition coefficient (Wildman–Crippen LogP) is 3.48. The number of fused-ring (bicyclic) bond motifs is 1. The average Bonchev–Trinajstić information content (AvgIpc) is 2.54. The monoisotopic (exact) mass is 332 g/mol. The smallest absolute Gasteiger partial charge is 0.273 e. The molecule has 20 heavy (non-hydrogen) atoms. The van der Waals surface area contributed by atoms with Crippen LogP contribution < -0.4 is 0 Å². The van der Waals surface area contributed by atoms with Gasteiger partial charge in [0.1, 0.15) is 5.69 Å². The van der Waals surface area contributed by atoms with E-state index in [9.17, 15) is 4.79 Å². The number of alkyl halides is 1. The van der Waals surface area contributed by atoms with Crippen molar-refractivity contribution in [3.63, 3.8) is 0 Å². The Morgan fingerprint density at radius 1 is 1.25 bits per heavy atom. The largest absolute Gasteiger partial charge is 0.337 e. The zero-order valence-corrected chi connectivity index (χ0v) is 12.8. The molecule has 1 aromatic heterocycles. The predicted molar refractivity (Wildman–Crippen MR) is 84.2 cm³/mol. The Bertz CT molecular complexity index is 615.